The first-order valence-corrected chi connectivity index (χ1v) is 6.87. The van der Waals surface area contributed by atoms with Gasteiger partial charge in [-0.2, -0.15) is 4.98 Å². The summed E-state index contributed by atoms with van der Waals surface area (Å²) in [6.07, 6.45) is 1.38. The van der Waals surface area contributed by atoms with Gasteiger partial charge in [-0.3, -0.25) is 0 Å². The average Bonchev–Trinajstić information content (AvgIpc) is 2.66. The number of anilines is 2. The molecule has 96 valence electrons. The van der Waals surface area contributed by atoms with Gasteiger partial charge in [-0.1, -0.05) is 12.1 Å². The number of benzene rings is 1. The fourth-order valence-electron chi connectivity index (χ4n) is 1.40. The summed E-state index contributed by atoms with van der Waals surface area (Å²) in [7, 11) is -3.53. The smallest absolute Gasteiger partial charge is 0.308 e. The molecule has 6 nitrogen and oxygen atoms in total. The molecule has 0 spiro atoms. The van der Waals surface area contributed by atoms with Crippen LogP contribution in [0.5, 0.6) is 0 Å². The van der Waals surface area contributed by atoms with Crippen molar-refractivity contribution in [1.29, 1.82) is 0 Å². The second kappa shape index (κ2) is 4.69. The largest absolute Gasteiger partial charge is 0.431 e. The topological polar surface area (TPSA) is 98.2 Å². The number of nitrogen functional groups attached to an aromatic ring is 1. The van der Waals surface area contributed by atoms with Crippen LogP contribution in [0.3, 0.4) is 0 Å². The Hall–Kier alpha value is -2.02. The van der Waals surface area contributed by atoms with Crippen molar-refractivity contribution in [3.63, 3.8) is 0 Å². The fraction of sp³-hybridized carbons (Fsp3) is 0.182. The van der Waals surface area contributed by atoms with E-state index in [0.29, 0.717) is 16.9 Å². The molecule has 3 N–H and O–H groups in total. The van der Waals surface area contributed by atoms with Gasteiger partial charge >= 0.3 is 6.01 Å². The molecule has 0 saturated carbocycles. The molecular formula is C11H13N3O3S. The minimum absolute atomic E-state index is 0.0251. The number of aromatic nitrogens is 1. The first kappa shape index (κ1) is 12.4. The fourth-order valence-corrected chi connectivity index (χ4v) is 2.47. The minimum atomic E-state index is -3.53. The second-order valence-corrected chi connectivity index (χ2v) is 5.62. The number of hydrogen-bond acceptors (Lipinski definition) is 5. The molecular weight excluding hydrogens is 254 g/mol. The van der Waals surface area contributed by atoms with Crippen molar-refractivity contribution in [2.75, 3.05) is 10.5 Å². The molecule has 0 aliphatic rings. The summed E-state index contributed by atoms with van der Waals surface area (Å²) in [5.41, 5.74) is 7.37. The van der Waals surface area contributed by atoms with Gasteiger partial charge < -0.3 is 10.2 Å². The Morgan fingerprint density at radius 2 is 2.00 bits per heavy atom. The molecule has 2 aromatic rings. The summed E-state index contributed by atoms with van der Waals surface area (Å²) in [6, 6.07) is 6.60. The van der Waals surface area contributed by atoms with Crippen molar-refractivity contribution in [2.24, 2.45) is 0 Å². The quantitative estimate of drug-likeness (QED) is 0.818. The van der Waals surface area contributed by atoms with Crippen LogP contribution >= 0.6 is 0 Å². The van der Waals surface area contributed by atoms with E-state index in [4.69, 9.17) is 10.2 Å². The van der Waals surface area contributed by atoms with Gasteiger partial charge in [0, 0.05) is 5.69 Å². The Bertz CT molecular complexity index is 632. The summed E-state index contributed by atoms with van der Waals surface area (Å²) in [5.74, 6) is -0.158. The van der Waals surface area contributed by atoms with Gasteiger partial charge in [-0.25, -0.2) is 13.1 Å². The van der Waals surface area contributed by atoms with E-state index in [9.17, 15) is 8.42 Å². The molecule has 1 aromatic carbocycles. The van der Waals surface area contributed by atoms with Gasteiger partial charge in [0.1, 0.15) is 6.26 Å². The zero-order valence-corrected chi connectivity index (χ0v) is 10.6. The van der Waals surface area contributed by atoms with Crippen molar-refractivity contribution >= 4 is 21.7 Å². The summed E-state index contributed by atoms with van der Waals surface area (Å²) in [6.45, 7) is 1.71. The molecule has 0 saturated heterocycles. The van der Waals surface area contributed by atoms with Gasteiger partial charge in [0.2, 0.25) is 10.0 Å². The number of oxazole rings is 1. The van der Waals surface area contributed by atoms with E-state index in [-0.39, 0.29) is 11.8 Å². The van der Waals surface area contributed by atoms with Crippen LogP contribution in [0.15, 0.2) is 34.9 Å². The number of sulfonamides is 1. The van der Waals surface area contributed by atoms with Gasteiger partial charge in [-0.15, -0.1) is 0 Å². The minimum Gasteiger partial charge on any atom is -0.431 e. The Kier molecular flexibility index (Phi) is 3.24. The standard InChI is InChI=1S/C11H13N3O3S/c1-8-6-17-11(13-8)14-18(15,16)7-9-2-4-10(12)5-3-9/h2-6H,7,12H2,1H3,(H,13,14). The maximum atomic E-state index is 11.8. The Morgan fingerprint density at radius 3 is 2.56 bits per heavy atom. The van der Waals surface area contributed by atoms with Crippen LogP contribution in [-0.4, -0.2) is 13.4 Å². The van der Waals surface area contributed by atoms with E-state index in [1.807, 2.05) is 0 Å². The number of aryl methyl sites for hydroxylation is 1. The van der Waals surface area contributed by atoms with Crippen LogP contribution in [0.25, 0.3) is 0 Å². The van der Waals surface area contributed by atoms with Gasteiger partial charge in [-0.05, 0) is 24.6 Å². The third-order valence-electron chi connectivity index (χ3n) is 2.20. The molecule has 0 atom stereocenters. The van der Waals surface area contributed by atoms with Crippen molar-refractivity contribution < 1.29 is 12.8 Å². The normalized spacial score (nSPS) is 11.4. The van der Waals surface area contributed by atoms with Crippen LogP contribution in [0, 0.1) is 6.92 Å². The number of rotatable bonds is 4. The molecule has 0 fully saturated rings. The Labute approximate surface area is 105 Å². The van der Waals surface area contributed by atoms with Crippen LogP contribution in [0.2, 0.25) is 0 Å². The van der Waals surface area contributed by atoms with E-state index in [1.54, 1.807) is 31.2 Å². The molecule has 0 bridgehead atoms. The lowest BCUT2D eigenvalue weighted by atomic mass is 10.2. The lowest BCUT2D eigenvalue weighted by Crippen LogP contribution is -2.15. The van der Waals surface area contributed by atoms with Crippen LogP contribution in [0.1, 0.15) is 11.3 Å². The number of nitrogens with zero attached hydrogens (tertiary/aromatic N) is 1. The molecule has 0 aliphatic carbocycles. The summed E-state index contributed by atoms with van der Waals surface area (Å²) in [5, 5.41) is 0. The molecule has 0 unspecified atom stereocenters. The van der Waals surface area contributed by atoms with Crippen molar-refractivity contribution in [3.05, 3.63) is 41.8 Å². The first-order valence-electron chi connectivity index (χ1n) is 5.22. The second-order valence-electron chi connectivity index (χ2n) is 3.90. The number of nitrogens with two attached hydrogens (primary N) is 1. The van der Waals surface area contributed by atoms with E-state index in [1.165, 1.54) is 6.26 Å². The molecule has 0 radical (unpaired) electrons. The van der Waals surface area contributed by atoms with Gasteiger partial charge in [0.15, 0.2) is 0 Å². The molecule has 7 heteroatoms. The first-order chi connectivity index (χ1) is 8.44. The number of hydrogen-bond donors (Lipinski definition) is 2. The highest BCUT2D eigenvalue weighted by Crippen LogP contribution is 2.13. The van der Waals surface area contributed by atoms with Crippen molar-refractivity contribution in [1.82, 2.24) is 4.98 Å². The summed E-state index contributed by atoms with van der Waals surface area (Å²) < 4.78 is 30.8. The molecule has 0 aliphatic heterocycles. The third kappa shape index (κ3) is 3.24. The van der Waals surface area contributed by atoms with Crippen LogP contribution in [-0.2, 0) is 15.8 Å². The van der Waals surface area contributed by atoms with E-state index < -0.39 is 10.0 Å². The molecule has 1 heterocycles. The Balaban J connectivity index is 2.10. The molecule has 1 aromatic heterocycles. The molecule has 2 rings (SSSR count). The maximum Gasteiger partial charge on any atom is 0.308 e. The van der Waals surface area contributed by atoms with Crippen LogP contribution < -0.4 is 10.5 Å². The zero-order chi connectivity index (χ0) is 13.2. The van der Waals surface area contributed by atoms with E-state index in [2.05, 4.69) is 9.71 Å². The molecule has 18 heavy (non-hydrogen) atoms. The lowest BCUT2D eigenvalue weighted by molar-refractivity contribution is 0.569. The lowest BCUT2D eigenvalue weighted by Gasteiger charge is -2.04. The number of nitrogens with one attached hydrogen (secondary N) is 1. The summed E-state index contributed by atoms with van der Waals surface area (Å²) in [4.78, 5) is 3.87. The van der Waals surface area contributed by atoms with Gasteiger partial charge in [0.05, 0.1) is 11.4 Å². The predicted octanol–water partition coefficient (Wildman–Crippen LogP) is 1.51. The van der Waals surface area contributed by atoms with Crippen molar-refractivity contribution in [2.45, 2.75) is 12.7 Å². The van der Waals surface area contributed by atoms with Crippen molar-refractivity contribution in [3.8, 4) is 0 Å². The maximum absolute atomic E-state index is 11.8. The SMILES string of the molecule is Cc1coc(NS(=O)(=O)Cc2ccc(N)cc2)n1. The van der Waals surface area contributed by atoms with Crippen LogP contribution in [0.4, 0.5) is 11.7 Å². The predicted molar refractivity (Wildman–Crippen MR) is 68.3 cm³/mol. The molecule has 0 amide bonds. The average molecular weight is 267 g/mol. The van der Waals surface area contributed by atoms with E-state index >= 15 is 0 Å². The zero-order valence-electron chi connectivity index (χ0n) is 9.75. The highest BCUT2D eigenvalue weighted by molar-refractivity contribution is 7.91. The highest BCUT2D eigenvalue weighted by Gasteiger charge is 2.14. The Morgan fingerprint density at radius 1 is 1.33 bits per heavy atom. The van der Waals surface area contributed by atoms with Gasteiger partial charge in [0.25, 0.3) is 0 Å². The summed E-state index contributed by atoms with van der Waals surface area (Å²) >= 11 is 0. The van der Waals surface area contributed by atoms with E-state index in [0.717, 1.165) is 0 Å². The third-order valence-corrected chi connectivity index (χ3v) is 3.40. The monoisotopic (exact) mass is 267 g/mol. The highest BCUT2D eigenvalue weighted by atomic mass is 32.2.